The number of anilines is 1. The Morgan fingerprint density at radius 1 is 1.30 bits per heavy atom. The van der Waals surface area contributed by atoms with Crippen molar-refractivity contribution in [3.63, 3.8) is 0 Å². The van der Waals surface area contributed by atoms with Crippen LogP contribution in [0.2, 0.25) is 0 Å². The lowest BCUT2D eigenvalue weighted by atomic mass is 10.1. The highest BCUT2D eigenvalue weighted by molar-refractivity contribution is 5.58. The summed E-state index contributed by atoms with van der Waals surface area (Å²) in [5, 5.41) is 8.80. The predicted octanol–water partition coefficient (Wildman–Crippen LogP) is 3.48. The molecule has 0 heterocycles. The molecule has 0 aliphatic rings. The van der Waals surface area contributed by atoms with Gasteiger partial charge in [0.1, 0.15) is 24.2 Å². The normalized spacial score (nSPS) is 10.1. The Kier molecular flexibility index (Phi) is 3.90. The third-order valence-corrected chi connectivity index (χ3v) is 3.02. The van der Waals surface area contributed by atoms with Crippen molar-refractivity contribution in [3.8, 4) is 11.8 Å². The quantitative estimate of drug-likeness (QED) is 0.869. The molecule has 20 heavy (non-hydrogen) atoms. The van der Waals surface area contributed by atoms with Gasteiger partial charge in [-0.2, -0.15) is 5.26 Å². The van der Waals surface area contributed by atoms with Crippen LogP contribution >= 0.6 is 0 Å². The molecule has 3 nitrogen and oxygen atoms in total. The third kappa shape index (κ3) is 2.72. The van der Waals surface area contributed by atoms with Crippen LogP contribution in [0.1, 0.15) is 22.3 Å². The van der Waals surface area contributed by atoms with Crippen molar-refractivity contribution in [2.75, 3.05) is 5.73 Å². The SMILES string of the molecule is Cc1cc(C)c(OCc2cccc(C#N)c2F)c(N)c1. The maximum atomic E-state index is 13.9. The number of hydrogen-bond acceptors (Lipinski definition) is 3. The maximum Gasteiger partial charge on any atom is 0.147 e. The van der Waals surface area contributed by atoms with Gasteiger partial charge in [-0.25, -0.2) is 4.39 Å². The van der Waals surface area contributed by atoms with E-state index in [4.69, 9.17) is 15.7 Å². The molecule has 2 aromatic carbocycles. The second-order valence-electron chi connectivity index (χ2n) is 4.68. The van der Waals surface area contributed by atoms with Crippen LogP contribution in [0, 0.1) is 31.0 Å². The fourth-order valence-electron chi connectivity index (χ4n) is 2.11. The van der Waals surface area contributed by atoms with Crippen molar-refractivity contribution in [3.05, 3.63) is 58.4 Å². The van der Waals surface area contributed by atoms with Crippen LogP contribution in [0.25, 0.3) is 0 Å². The molecule has 0 aliphatic carbocycles. The minimum atomic E-state index is -0.543. The number of benzene rings is 2. The number of nitrogens with zero attached hydrogens (tertiary/aromatic N) is 1. The van der Waals surface area contributed by atoms with Crippen molar-refractivity contribution in [2.45, 2.75) is 20.5 Å². The third-order valence-electron chi connectivity index (χ3n) is 3.02. The molecule has 2 N–H and O–H groups in total. The van der Waals surface area contributed by atoms with Crippen LogP contribution in [-0.2, 0) is 6.61 Å². The first-order chi connectivity index (χ1) is 9.52. The number of nitrogens with two attached hydrogens (primary N) is 1. The predicted molar refractivity (Wildman–Crippen MR) is 75.8 cm³/mol. The lowest BCUT2D eigenvalue weighted by molar-refractivity contribution is 0.299. The van der Waals surface area contributed by atoms with Crippen molar-refractivity contribution in [2.24, 2.45) is 0 Å². The van der Waals surface area contributed by atoms with E-state index in [0.717, 1.165) is 11.1 Å². The first kappa shape index (κ1) is 13.9. The summed E-state index contributed by atoms with van der Waals surface area (Å²) in [6.07, 6.45) is 0. The van der Waals surface area contributed by atoms with Crippen LogP contribution in [-0.4, -0.2) is 0 Å². The number of ether oxygens (including phenoxy) is 1. The van der Waals surface area contributed by atoms with E-state index in [1.165, 1.54) is 6.07 Å². The highest BCUT2D eigenvalue weighted by Crippen LogP contribution is 2.28. The number of halogens is 1. The molecule has 0 fully saturated rings. The first-order valence-electron chi connectivity index (χ1n) is 6.20. The van der Waals surface area contributed by atoms with E-state index in [9.17, 15) is 4.39 Å². The molecule has 2 rings (SSSR count). The summed E-state index contributed by atoms with van der Waals surface area (Å²) in [4.78, 5) is 0. The molecule has 0 bridgehead atoms. The van der Waals surface area contributed by atoms with Gasteiger partial charge in [0.25, 0.3) is 0 Å². The van der Waals surface area contributed by atoms with Gasteiger partial charge in [0.2, 0.25) is 0 Å². The Balaban J connectivity index is 2.24. The molecule has 0 radical (unpaired) electrons. The molecule has 0 spiro atoms. The van der Waals surface area contributed by atoms with E-state index in [2.05, 4.69) is 0 Å². The molecule has 4 heteroatoms. The average molecular weight is 270 g/mol. The molecule has 2 aromatic rings. The zero-order chi connectivity index (χ0) is 14.7. The molecule has 0 amide bonds. The standard InChI is InChI=1S/C16H15FN2O/c1-10-6-11(2)16(14(19)7-10)20-9-13-5-3-4-12(8-18)15(13)17/h3-7H,9,19H2,1-2H3. The summed E-state index contributed by atoms with van der Waals surface area (Å²) in [5.74, 6) is 0.00990. The van der Waals surface area contributed by atoms with Crippen molar-refractivity contribution >= 4 is 5.69 Å². The van der Waals surface area contributed by atoms with E-state index in [-0.39, 0.29) is 12.2 Å². The van der Waals surface area contributed by atoms with Gasteiger partial charge >= 0.3 is 0 Å². The van der Waals surface area contributed by atoms with Crippen molar-refractivity contribution < 1.29 is 9.13 Å². The van der Waals surface area contributed by atoms with Gasteiger partial charge in [0, 0.05) is 5.56 Å². The fraction of sp³-hybridized carbons (Fsp3) is 0.188. The number of aryl methyl sites for hydroxylation is 2. The second kappa shape index (κ2) is 5.62. The number of rotatable bonds is 3. The van der Waals surface area contributed by atoms with Gasteiger partial charge in [-0.15, -0.1) is 0 Å². The van der Waals surface area contributed by atoms with Crippen molar-refractivity contribution in [1.29, 1.82) is 5.26 Å². The Hall–Kier alpha value is -2.54. The van der Waals surface area contributed by atoms with Crippen molar-refractivity contribution in [1.82, 2.24) is 0 Å². The smallest absolute Gasteiger partial charge is 0.147 e. The molecule has 0 saturated heterocycles. The highest BCUT2D eigenvalue weighted by Gasteiger charge is 2.10. The summed E-state index contributed by atoms with van der Waals surface area (Å²) in [6.45, 7) is 3.87. The number of nitrogen functional groups attached to an aromatic ring is 1. The minimum Gasteiger partial charge on any atom is -0.486 e. The van der Waals surface area contributed by atoms with E-state index < -0.39 is 5.82 Å². The van der Waals surface area contributed by atoms with Crippen LogP contribution in [0.4, 0.5) is 10.1 Å². The molecular formula is C16H15FN2O. The van der Waals surface area contributed by atoms with E-state index in [1.54, 1.807) is 12.1 Å². The van der Waals surface area contributed by atoms with Crippen LogP contribution < -0.4 is 10.5 Å². The Labute approximate surface area is 117 Å². The van der Waals surface area contributed by atoms with Gasteiger partial charge in [0.15, 0.2) is 0 Å². The number of nitriles is 1. The van der Waals surface area contributed by atoms with Crippen LogP contribution in [0.15, 0.2) is 30.3 Å². The fourth-order valence-corrected chi connectivity index (χ4v) is 2.11. The lowest BCUT2D eigenvalue weighted by Gasteiger charge is -2.13. The molecule has 102 valence electrons. The second-order valence-corrected chi connectivity index (χ2v) is 4.68. The van der Waals surface area contributed by atoms with E-state index in [1.807, 2.05) is 32.0 Å². The maximum absolute atomic E-state index is 13.9. The van der Waals surface area contributed by atoms with Crippen LogP contribution in [0.3, 0.4) is 0 Å². The highest BCUT2D eigenvalue weighted by atomic mass is 19.1. The summed E-state index contributed by atoms with van der Waals surface area (Å²) in [6, 6.07) is 10.2. The summed E-state index contributed by atoms with van der Waals surface area (Å²) >= 11 is 0. The first-order valence-corrected chi connectivity index (χ1v) is 6.20. The molecular weight excluding hydrogens is 255 g/mol. The number of hydrogen-bond donors (Lipinski definition) is 1. The van der Waals surface area contributed by atoms with Gasteiger partial charge in [-0.3, -0.25) is 0 Å². The van der Waals surface area contributed by atoms with Crippen LogP contribution in [0.5, 0.6) is 5.75 Å². The Morgan fingerprint density at radius 2 is 2.05 bits per heavy atom. The Morgan fingerprint density at radius 3 is 2.70 bits per heavy atom. The lowest BCUT2D eigenvalue weighted by Crippen LogP contribution is -2.03. The average Bonchev–Trinajstić information content (AvgIpc) is 2.39. The van der Waals surface area contributed by atoms with Gasteiger partial charge in [-0.1, -0.05) is 18.2 Å². The molecule has 0 aliphatic heterocycles. The summed E-state index contributed by atoms with van der Waals surface area (Å²) < 4.78 is 19.5. The zero-order valence-electron chi connectivity index (χ0n) is 11.4. The molecule has 0 aromatic heterocycles. The van der Waals surface area contributed by atoms with E-state index in [0.29, 0.717) is 17.0 Å². The Bertz CT molecular complexity index is 666. The minimum absolute atomic E-state index is 0.0136. The molecule has 0 unspecified atom stereocenters. The van der Waals surface area contributed by atoms with Gasteiger partial charge in [0.05, 0.1) is 11.3 Å². The zero-order valence-corrected chi connectivity index (χ0v) is 11.4. The summed E-state index contributed by atoms with van der Waals surface area (Å²) in [7, 11) is 0. The van der Waals surface area contributed by atoms with E-state index >= 15 is 0 Å². The molecule has 0 saturated carbocycles. The largest absolute Gasteiger partial charge is 0.486 e. The van der Waals surface area contributed by atoms with Gasteiger partial charge in [-0.05, 0) is 37.1 Å². The topological polar surface area (TPSA) is 59.0 Å². The van der Waals surface area contributed by atoms with Gasteiger partial charge < -0.3 is 10.5 Å². The summed E-state index contributed by atoms with van der Waals surface area (Å²) in [5.41, 5.74) is 8.74. The monoisotopic (exact) mass is 270 g/mol. The molecule has 0 atom stereocenters.